The number of aromatic nitrogens is 1. The van der Waals surface area contributed by atoms with Gasteiger partial charge < -0.3 is 5.73 Å². The molecule has 2 N–H and O–H groups in total. The van der Waals surface area contributed by atoms with Gasteiger partial charge in [-0.1, -0.05) is 13.3 Å². The Morgan fingerprint density at radius 1 is 1.44 bits per heavy atom. The van der Waals surface area contributed by atoms with Crippen LogP contribution in [0.1, 0.15) is 25.5 Å². The van der Waals surface area contributed by atoms with Crippen LogP contribution in [0.15, 0.2) is 17.2 Å². The van der Waals surface area contributed by atoms with Crippen molar-refractivity contribution >= 4 is 17.4 Å². The van der Waals surface area contributed by atoms with Gasteiger partial charge in [0.25, 0.3) is 0 Å². The fourth-order valence-electron chi connectivity index (χ4n) is 1.05. The minimum Gasteiger partial charge on any atom is -0.397 e. The van der Waals surface area contributed by atoms with Gasteiger partial charge in [0.2, 0.25) is 0 Å². The summed E-state index contributed by atoms with van der Waals surface area (Å²) in [7, 11) is 0. The van der Waals surface area contributed by atoms with Crippen LogP contribution in [0, 0.1) is 0 Å². The van der Waals surface area contributed by atoms with Crippen molar-refractivity contribution < 1.29 is 13.2 Å². The summed E-state index contributed by atoms with van der Waals surface area (Å²) >= 11 is 1.34. The molecule has 0 bridgehead atoms. The van der Waals surface area contributed by atoms with E-state index in [9.17, 15) is 13.2 Å². The molecule has 0 aliphatic heterocycles. The van der Waals surface area contributed by atoms with Gasteiger partial charge in [0.15, 0.2) is 0 Å². The molecule has 2 nitrogen and oxygen atoms in total. The van der Waals surface area contributed by atoms with Crippen LogP contribution in [0.2, 0.25) is 0 Å². The number of thioether (sulfide) groups is 1. The smallest absolute Gasteiger partial charge is 0.397 e. The SMILES string of the molecule is CCCCSc1cc(C(F)(F)F)ncc1N. The fourth-order valence-corrected chi connectivity index (χ4v) is 2.12. The first-order valence-electron chi connectivity index (χ1n) is 4.90. The highest BCUT2D eigenvalue weighted by Crippen LogP contribution is 2.33. The van der Waals surface area contributed by atoms with Gasteiger partial charge in [-0.2, -0.15) is 13.2 Å². The van der Waals surface area contributed by atoms with Crippen LogP contribution in [0.4, 0.5) is 18.9 Å². The molecule has 0 atom stereocenters. The molecule has 1 rings (SSSR count). The van der Waals surface area contributed by atoms with Crippen LogP contribution in [-0.4, -0.2) is 10.7 Å². The van der Waals surface area contributed by atoms with Gasteiger partial charge in [0.05, 0.1) is 11.9 Å². The lowest BCUT2D eigenvalue weighted by molar-refractivity contribution is -0.141. The molecule has 0 unspecified atom stereocenters. The Balaban J connectivity index is 2.83. The zero-order chi connectivity index (χ0) is 12.2. The molecule has 0 radical (unpaired) electrons. The molecule has 0 aromatic carbocycles. The largest absolute Gasteiger partial charge is 0.433 e. The molecule has 1 aromatic heterocycles. The molecule has 0 aliphatic carbocycles. The Labute approximate surface area is 96.4 Å². The summed E-state index contributed by atoms with van der Waals surface area (Å²) in [4.78, 5) is 3.73. The molecule has 0 fully saturated rings. The van der Waals surface area contributed by atoms with Crippen LogP contribution in [0.25, 0.3) is 0 Å². The van der Waals surface area contributed by atoms with Crippen molar-refractivity contribution in [1.29, 1.82) is 0 Å². The quantitative estimate of drug-likeness (QED) is 0.655. The number of hydrogen-bond donors (Lipinski definition) is 1. The molecule has 0 saturated carbocycles. The van der Waals surface area contributed by atoms with Crippen LogP contribution in [-0.2, 0) is 6.18 Å². The summed E-state index contributed by atoms with van der Waals surface area (Å²) in [5, 5.41) is 0. The van der Waals surface area contributed by atoms with E-state index < -0.39 is 11.9 Å². The predicted octanol–water partition coefficient (Wildman–Crippen LogP) is 3.57. The number of alkyl halides is 3. The highest BCUT2D eigenvalue weighted by Gasteiger charge is 2.32. The first-order chi connectivity index (χ1) is 7.45. The van der Waals surface area contributed by atoms with E-state index >= 15 is 0 Å². The average Bonchev–Trinajstić information content (AvgIpc) is 2.19. The maximum absolute atomic E-state index is 12.4. The number of nitrogens with zero attached hydrogens (tertiary/aromatic N) is 1. The van der Waals surface area contributed by atoms with E-state index in [4.69, 9.17) is 5.73 Å². The summed E-state index contributed by atoms with van der Waals surface area (Å²) in [5.74, 6) is 0.766. The Kier molecular flexibility index (Phi) is 4.46. The molecule has 0 spiro atoms. The molecule has 0 saturated heterocycles. The normalized spacial score (nSPS) is 11.8. The van der Waals surface area contributed by atoms with Crippen molar-refractivity contribution in [3.05, 3.63) is 18.0 Å². The first-order valence-corrected chi connectivity index (χ1v) is 5.89. The second-order valence-corrected chi connectivity index (χ2v) is 4.44. The number of halogens is 3. The van der Waals surface area contributed by atoms with E-state index in [0.717, 1.165) is 30.9 Å². The molecule has 0 amide bonds. The molecule has 1 aromatic rings. The zero-order valence-electron chi connectivity index (χ0n) is 8.84. The molecule has 6 heteroatoms. The van der Waals surface area contributed by atoms with Crippen molar-refractivity contribution in [3.63, 3.8) is 0 Å². The minimum absolute atomic E-state index is 0.300. The lowest BCUT2D eigenvalue weighted by Crippen LogP contribution is -2.08. The summed E-state index contributed by atoms with van der Waals surface area (Å²) in [6.07, 6.45) is -1.39. The van der Waals surface area contributed by atoms with Gasteiger partial charge >= 0.3 is 6.18 Å². The molecular weight excluding hydrogens is 237 g/mol. The lowest BCUT2D eigenvalue weighted by Gasteiger charge is -2.09. The Hall–Kier alpha value is -0.910. The standard InChI is InChI=1S/C10H13F3N2S/c1-2-3-4-16-8-5-9(10(11,12)13)15-6-7(8)14/h5-6H,2-4,14H2,1H3. The number of hydrogen-bond acceptors (Lipinski definition) is 3. The second kappa shape index (κ2) is 5.43. The number of nitrogen functional groups attached to an aromatic ring is 1. The van der Waals surface area contributed by atoms with Crippen LogP contribution < -0.4 is 5.73 Å². The second-order valence-electron chi connectivity index (χ2n) is 3.31. The highest BCUT2D eigenvalue weighted by atomic mass is 32.2. The minimum atomic E-state index is -4.41. The van der Waals surface area contributed by atoms with E-state index in [2.05, 4.69) is 4.98 Å². The first kappa shape index (κ1) is 13.2. The third-order valence-electron chi connectivity index (χ3n) is 1.94. The maximum Gasteiger partial charge on any atom is 0.433 e. The van der Waals surface area contributed by atoms with E-state index in [1.54, 1.807) is 0 Å². The molecule has 1 heterocycles. The van der Waals surface area contributed by atoms with Gasteiger partial charge in [-0.3, -0.25) is 0 Å². The third kappa shape index (κ3) is 3.59. The summed E-state index contributed by atoms with van der Waals surface area (Å²) in [6, 6.07) is 1.01. The summed E-state index contributed by atoms with van der Waals surface area (Å²) in [6.45, 7) is 2.03. The summed E-state index contributed by atoms with van der Waals surface area (Å²) in [5.41, 5.74) is 4.98. The number of rotatable bonds is 4. The monoisotopic (exact) mass is 250 g/mol. The Morgan fingerprint density at radius 2 is 2.12 bits per heavy atom. The lowest BCUT2D eigenvalue weighted by atomic mass is 10.3. The van der Waals surface area contributed by atoms with E-state index in [1.165, 1.54) is 11.8 Å². The van der Waals surface area contributed by atoms with Crippen molar-refractivity contribution in [2.75, 3.05) is 11.5 Å². The van der Waals surface area contributed by atoms with Crippen molar-refractivity contribution in [3.8, 4) is 0 Å². The maximum atomic E-state index is 12.4. The van der Waals surface area contributed by atoms with Crippen LogP contribution in [0.5, 0.6) is 0 Å². The zero-order valence-corrected chi connectivity index (χ0v) is 9.66. The van der Waals surface area contributed by atoms with Crippen LogP contribution >= 0.6 is 11.8 Å². The van der Waals surface area contributed by atoms with Crippen molar-refractivity contribution in [2.24, 2.45) is 0 Å². The number of anilines is 1. The van der Waals surface area contributed by atoms with Crippen molar-refractivity contribution in [1.82, 2.24) is 4.98 Å². The fraction of sp³-hybridized carbons (Fsp3) is 0.500. The number of pyridine rings is 1. The van der Waals surface area contributed by atoms with Gasteiger partial charge in [-0.05, 0) is 18.2 Å². The average molecular weight is 250 g/mol. The van der Waals surface area contributed by atoms with Gasteiger partial charge in [-0.15, -0.1) is 11.8 Å². The van der Waals surface area contributed by atoms with Crippen LogP contribution in [0.3, 0.4) is 0 Å². The van der Waals surface area contributed by atoms with Crippen molar-refractivity contribution in [2.45, 2.75) is 30.8 Å². The van der Waals surface area contributed by atoms with Gasteiger partial charge in [0, 0.05) is 4.90 Å². The molecule has 0 aliphatic rings. The van der Waals surface area contributed by atoms with E-state index in [1.807, 2.05) is 6.92 Å². The number of nitrogens with two attached hydrogens (primary N) is 1. The molecule has 16 heavy (non-hydrogen) atoms. The van der Waals surface area contributed by atoms with E-state index in [-0.39, 0.29) is 0 Å². The van der Waals surface area contributed by atoms with E-state index in [0.29, 0.717) is 10.6 Å². The summed E-state index contributed by atoms with van der Waals surface area (Å²) < 4.78 is 37.1. The Morgan fingerprint density at radius 3 is 2.69 bits per heavy atom. The highest BCUT2D eigenvalue weighted by molar-refractivity contribution is 7.99. The molecule has 90 valence electrons. The number of unbranched alkanes of at least 4 members (excludes halogenated alkanes) is 1. The van der Waals surface area contributed by atoms with Gasteiger partial charge in [-0.25, -0.2) is 4.98 Å². The Bertz CT molecular complexity index is 352. The third-order valence-corrected chi connectivity index (χ3v) is 3.10. The molecular formula is C10H13F3N2S. The topological polar surface area (TPSA) is 38.9 Å². The van der Waals surface area contributed by atoms with Gasteiger partial charge in [0.1, 0.15) is 5.69 Å². The predicted molar refractivity (Wildman–Crippen MR) is 59.3 cm³/mol.